The second kappa shape index (κ2) is 6.87. The van der Waals surface area contributed by atoms with E-state index in [0.717, 1.165) is 16.6 Å². The van der Waals surface area contributed by atoms with Crippen molar-refractivity contribution in [3.63, 3.8) is 0 Å². The van der Waals surface area contributed by atoms with Gasteiger partial charge in [-0.2, -0.15) is 5.10 Å². The van der Waals surface area contributed by atoms with Crippen LogP contribution in [0.2, 0.25) is 0 Å². The second-order valence-electron chi connectivity index (χ2n) is 5.38. The average Bonchev–Trinajstić information content (AvgIpc) is 2.98. The van der Waals surface area contributed by atoms with E-state index in [0.29, 0.717) is 13.0 Å². The lowest BCUT2D eigenvalue weighted by Crippen LogP contribution is -2.19. The molecule has 0 atom stereocenters. The lowest BCUT2D eigenvalue weighted by molar-refractivity contribution is -0.121. The number of amides is 1. The van der Waals surface area contributed by atoms with E-state index in [1.54, 1.807) is 12.5 Å². The number of carbonyl (C=O) groups is 1. The zero-order valence-corrected chi connectivity index (χ0v) is 12.9. The molecule has 0 saturated heterocycles. The molecule has 0 fully saturated rings. The van der Waals surface area contributed by atoms with Gasteiger partial charge in [0.1, 0.15) is 0 Å². The number of hydrogen-bond acceptors (Lipinski definition) is 3. The third-order valence-corrected chi connectivity index (χ3v) is 3.59. The van der Waals surface area contributed by atoms with Crippen LogP contribution in [0.1, 0.15) is 17.5 Å². The lowest BCUT2D eigenvalue weighted by Gasteiger charge is -2.03. The van der Waals surface area contributed by atoms with E-state index in [2.05, 4.69) is 15.5 Å². The number of nitrogens with zero attached hydrogens (tertiary/aromatic N) is 3. The number of carbonyl (C=O) groups excluding carboxylic acids is 1. The van der Waals surface area contributed by atoms with Crippen molar-refractivity contribution in [3.05, 3.63) is 66.0 Å². The smallest absolute Gasteiger partial charge is 0.241 e. The highest BCUT2D eigenvalue weighted by Gasteiger charge is 2.04. The van der Waals surface area contributed by atoms with Crippen molar-refractivity contribution < 1.29 is 4.79 Å². The number of para-hydroxylation sites is 2. The van der Waals surface area contributed by atoms with Gasteiger partial charge in [-0.05, 0) is 24.6 Å². The Morgan fingerprint density at radius 1 is 1.22 bits per heavy atom. The van der Waals surface area contributed by atoms with E-state index in [1.807, 2.05) is 60.0 Å². The Balaban J connectivity index is 1.52. The van der Waals surface area contributed by atoms with Crippen LogP contribution in [-0.4, -0.2) is 21.7 Å². The van der Waals surface area contributed by atoms with Gasteiger partial charge in [0, 0.05) is 13.0 Å². The van der Waals surface area contributed by atoms with Crippen LogP contribution in [0.5, 0.6) is 0 Å². The highest BCUT2D eigenvalue weighted by atomic mass is 16.2. The first kappa shape index (κ1) is 15.0. The van der Waals surface area contributed by atoms with E-state index >= 15 is 0 Å². The standard InChI is InChI=1S/C18H18N4O/c1-14-6-8-15(9-7-14)12-20-21-18(23)10-11-22-13-19-16-4-2-3-5-17(16)22/h2-9,12-13H,10-11H2,1H3,(H,21,23)/b20-12+. The Kier molecular flexibility index (Phi) is 4.47. The molecule has 23 heavy (non-hydrogen) atoms. The molecular formula is C18H18N4O. The lowest BCUT2D eigenvalue weighted by atomic mass is 10.2. The highest BCUT2D eigenvalue weighted by molar-refractivity contribution is 5.82. The zero-order chi connectivity index (χ0) is 16.1. The van der Waals surface area contributed by atoms with Crippen LogP contribution in [0.3, 0.4) is 0 Å². The van der Waals surface area contributed by atoms with Gasteiger partial charge < -0.3 is 4.57 Å². The molecule has 0 aliphatic carbocycles. The number of imidazole rings is 1. The highest BCUT2D eigenvalue weighted by Crippen LogP contribution is 2.11. The molecular weight excluding hydrogens is 288 g/mol. The summed E-state index contributed by atoms with van der Waals surface area (Å²) in [4.78, 5) is 16.2. The van der Waals surface area contributed by atoms with Crippen LogP contribution in [0, 0.1) is 6.92 Å². The van der Waals surface area contributed by atoms with Gasteiger partial charge in [0.2, 0.25) is 5.91 Å². The van der Waals surface area contributed by atoms with E-state index in [-0.39, 0.29) is 5.91 Å². The Bertz CT molecular complexity index is 834. The predicted molar refractivity (Wildman–Crippen MR) is 91.3 cm³/mol. The van der Waals surface area contributed by atoms with Crippen molar-refractivity contribution >= 4 is 23.2 Å². The fraction of sp³-hybridized carbons (Fsp3) is 0.167. The summed E-state index contributed by atoms with van der Waals surface area (Å²) in [5.74, 6) is -0.119. The van der Waals surface area contributed by atoms with Gasteiger partial charge in [-0.3, -0.25) is 4.79 Å². The van der Waals surface area contributed by atoms with Crippen LogP contribution >= 0.6 is 0 Å². The first-order valence-electron chi connectivity index (χ1n) is 7.51. The van der Waals surface area contributed by atoms with Gasteiger partial charge in [0.05, 0.1) is 23.6 Å². The first-order chi connectivity index (χ1) is 11.2. The monoisotopic (exact) mass is 306 g/mol. The molecule has 0 saturated carbocycles. The number of nitrogens with one attached hydrogen (secondary N) is 1. The molecule has 3 aromatic rings. The average molecular weight is 306 g/mol. The van der Waals surface area contributed by atoms with Crippen LogP contribution in [0.4, 0.5) is 0 Å². The predicted octanol–water partition coefficient (Wildman–Crippen LogP) is 2.89. The minimum atomic E-state index is -0.119. The van der Waals surface area contributed by atoms with E-state index in [1.165, 1.54) is 5.56 Å². The van der Waals surface area contributed by atoms with Gasteiger partial charge in [0.25, 0.3) is 0 Å². The van der Waals surface area contributed by atoms with Crippen LogP contribution in [0.15, 0.2) is 60.0 Å². The number of rotatable bonds is 5. The summed E-state index contributed by atoms with van der Waals surface area (Å²) in [5.41, 5.74) is 6.67. The molecule has 0 bridgehead atoms. The first-order valence-corrected chi connectivity index (χ1v) is 7.51. The Labute approximate surface area is 134 Å². The molecule has 1 aromatic heterocycles. The molecule has 3 rings (SSSR count). The second-order valence-corrected chi connectivity index (χ2v) is 5.38. The Morgan fingerprint density at radius 2 is 2.00 bits per heavy atom. The Hall–Kier alpha value is -2.95. The number of hydrogen-bond donors (Lipinski definition) is 1. The number of hydrazone groups is 1. The topological polar surface area (TPSA) is 59.3 Å². The van der Waals surface area contributed by atoms with Crippen LogP contribution < -0.4 is 5.43 Å². The molecule has 1 N–H and O–H groups in total. The van der Waals surface area contributed by atoms with Gasteiger partial charge in [-0.15, -0.1) is 0 Å². The molecule has 0 spiro atoms. The van der Waals surface area contributed by atoms with Crippen molar-refractivity contribution in [3.8, 4) is 0 Å². The molecule has 1 heterocycles. The normalized spacial score (nSPS) is 11.2. The Morgan fingerprint density at radius 3 is 2.83 bits per heavy atom. The number of fused-ring (bicyclic) bond motifs is 1. The van der Waals surface area contributed by atoms with Gasteiger partial charge in [-0.25, -0.2) is 10.4 Å². The van der Waals surface area contributed by atoms with Crippen molar-refractivity contribution in [2.75, 3.05) is 0 Å². The minimum absolute atomic E-state index is 0.119. The molecule has 5 heteroatoms. The largest absolute Gasteiger partial charge is 0.330 e. The maximum absolute atomic E-state index is 11.9. The van der Waals surface area contributed by atoms with Crippen LogP contribution in [0.25, 0.3) is 11.0 Å². The van der Waals surface area contributed by atoms with Crippen molar-refractivity contribution in [2.45, 2.75) is 19.9 Å². The maximum atomic E-state index is 11.9. The fourth-order valence-electron chi connectivity index (χ4n) is 2.30. The summed E-state index contributed by atoms with van der Waals surface area (Å²) < 4.78 is 1.97. The maximum Gasteiger partial charge on any atom is 0.241 e. The summed E-state index contributed by atoms with van der Waals surface area (Å²) in [5, 5.41) is 3.98. The molecule has 2 aromatic carbocycles. The molecule has 0 aliphatic heterocycles. The summed E-state index contributed by atoms with van der Waals surface area (Å²) in [6.07, 6.45) is 3.75. The third kappa shape index (κ3) is 3.83. The molecule has 1 amide bonds. The van der Waals surface area contributed by atoms with Crippen molar-refractivity contribution in [1.29, 1.82) is 0 Å². The third-order valence-electron chi connectivity index (χ3n) is 3.59. The summed E-state index contributed by atoms with van der Waals surface area (Å²) in [6.45, 7) is 2.61. The number of aromatic nitrogens is 2. The van der Waals surface area contributed by atoms with Gasteiger partial charge in [-0.1, -0.05) is 42.0 Å². The van der Waals surface area contributed by atoms with Crippen LogP contribution in [-0.2, 0) is 11.3 Å². The zero-order valence-electron chi connectivity index (χ0n) is 12.9. The summed E-state index contributed by atoms with van der Waals surface area (Å²) >= 11 is 0. The SMILES string of the molecule is Cc1ccc(/C=N/NC(=O)CCn2cnc3ccccc32)cc1. The minimum Gasteiger partial charge on any atom is -0.330 e. The summed E-state index contributed by atoms with van der Waals surface area (Å²) in [7, 11) is 0. The number of aryl methyl sites for hydroxylation is 2. The summed E-state index contributed by atoms with van der Waals surface area (Å²) in [6, 6.07) is 15.8. The van der Waals surface area contributed by atoms with Gasteiger partial charge >= 0.3 is 0 Å². The fourth-order valence-corrected chi connectivity index (χ4v) is 2.30. The van der Waals surface area contributed by atoms with Crippen molar-refractivity contribution in [2.24, 2.45) is 5.10 Å². The molecule has 0 radical (unpaired) electrons. The quantitative estimate of drug-likeness (QED) is 0.582. The van der Waals surface area contributed by atoms with Gasteiger partial charge in [0.15, 0.2) is 0 Å². The molecule has 0 unspecified atom stereocenters. The molecule has 5 nitrogen and oxygen atoms in total. The van der Waals surface area contributed by atoms with E-state index in [4.69, 9.17) is 0 Å². The number of benzene rings is 2. The molecule has 116 valence electrons. The van der Waals surface area contributed by atoms with Crippen molar-refractivity contribution in [1.82, 2.24) is 15.0 Å². The van der Waals surface area contributed by atoms with E-state index < -0.39 is 0 Å². The van der Waals surface area contributed by atoms with E-state index in [9.17, 15) is 4.79 Å². The molecule has 0 aliphatic rings.